The van der Waals surface area contributed by atoms with E-state index in [1.165, 1.54) is 16.7 Å². The van der Waals surface area contributed by atoms with Crippen molar-refractivity contribution in [2.45, 2.75) is 88.8 Å². The molecular formula is C34H45N3O8S. The lowest BCUT2D eigenvalue weighted by Gasteiger charge is -2.33. The van der Waals surface area contributed by atoms with Gasteiger partial charge in [-0.1, -0.05) is 30.3 Å². The fourth-order valence-electron chi connectivity index (χ4n) is 6.48. The smallest absolute Gasteiger partial charge is 0.407 e. The van der Waals surface area contributed by atoms with E-state index in [4.69, 9.17) is 18.9 Å². The van der Waals surface area contributed by atoms with Gasteiger partial charge in [0.05, 0.1) is 25.6 Å². The van der Waals surface area contributed by atoms with Crippen LogP contribution in [-0.2, 0) is 36.8 Å². The second-order valence-electron chi connectivity index (χ2n) is 12.7. The van der Waals surface area contributed by atoms with Gasteiger partial charge in [0, 0.05) is 23.8 Å². The van der Waals surface area contributed by atoms with Gasteiger partial charge in [-0.05, 0) is 81.3 Å². The monoisotopic (exact) mass is 655 g/mol. The molecule has 3 heterocycles. The third-order valence-electron chi connectivity index (χ3n) is 9.19. The average molecular weight is 656 g/mol. The van der Waals surface area contributed by atoms with Crippen LogP contribution in [0, 0.1) is 19.8 Å². The van der Waals surface area contributed by atoms with E-state index in [1.807, 2.05) is 58.0 Å². The Morgan fingerprint density at radius 2 is 1.83 bits per heavy atom. The van der Waals surface area contributed by atoms with Gasteiger partial charge in [0.25, 0.3) is 5.91 Å². The molecule has 2 aromatic carbocycles. The molecule has 0 radical (unpaired) electrons. The number of amides is 3. The molecule has 3 fully saturated rings. The number of benzene rings is 2. The van der Waals surface area contributed by atoms with Crippen molar-refractivity contribution in [3.63, 3.8) is 0 Å². The molecule has 11 nitrogen and oxygen atoms in total. The molecule has 0 aliphatic carbocycles. The summed E-state index contributed by atoms with van der Waals surface area (Å²) in [6.07, 6.45) is -1.51. The number of hydrogen-bond donors (Lipinski definition) is 3. The highest BCUT2D eigenvalue weighted by molar-refractivity contribution is 8.00. The molecular weight excluding hydrogens is 610 g/mol. The summed E-state index contributed by atoms with van der Waals surface area (Å²) >= 11 is 1.46. The molecule has 3 aliphatic rings. The van der Waals surface area contributed by atoms with Gasteiger partial charge < -0.3 is 39.6 Å². The second kappa shape index (κ2) is 14.6. The lowest BCUT2D eigenvalue weighted by Crippen LogP contribution is -2.58. The number of aryl methyl sites for hydroxylation is 2. The predicted octanol–water partition coefficient (Wildman–Crippen LogP) is 3.46. The average Bonchev–Trinajstić information content (AvgIpc) is 3.59. The van der Waals surface area contributed by atoms with Crippen molar-refractivity contribution in [1.82, 2.24) is 15.5 Å². The maximum absolute atomic E-state index is 14.0. The van der Waals surface area contributed by atoms with Gasteiger partial charge in [0.1, 0.15) is 17.9 Å². The molecule has 250 valence electrons. The Morgan fingerprint density at radius 1 is 1.11 bits per heavy atom. The first kappa shape index (κ1) is 34.0. The van der Waals surface area contributed by atoms with Crippen molar-refractivity contribution in [3.8, 4) is 5.75 Å². The zero-order valence-electron chi connectivity index (χ0n) is 27.1. The molecule has 46 heavy (non-hydrogen) atoms. The van der Waals surface area contributed by atoms with E-state index in [0.29, 0.717) is 18.9 Å². The SMILES string of the molecule is COc1ccc(C[C@H](NC(=O)O[C@H]2CO[C@H]3OCCC[C@H]32)[C@H](O)C(=O)N2CSC(C)(C)[C@H]2C(=O)NCc2c(C)cccc2C)cc1. The number of nitrogens with one attached hydrogen (secondary N) is 2. The molecule has 3 N–H and O–H groups in total. The second-order valence-corrected chi connectivity index (χ2v) is 14.3. The number of alkyl carbamates (subject to hydrolysis) is 1. The highest BCUT2D eigenvalue weighted by Gasteiger charge is 2.50. The van der Waals surface area contributed by atoms with Crippen LogP contribution in [0.5, 0.6) is 5.75 Å². The van der Waals surface area contributed by atoms with Crippen molar-refractivity contribution in [3.05, 3.63) is 64.7 Å². The largest absolute Gasteiger partial charge is 0.497 e. The van der Waals surface area contributed by atoms with E-state index < -0.39 is 47.3 Å². The molecule has 6 atom stereocenters. The van der Waals surface area contributed by atoms with Crippen molar-refractivity contribution in [2.75, 3.05) is 26.2 Å². The van der Waals surface area contributed by atoms with E-state index in [-0.39, 0.29) is 30.7 Å². The molecule has 0 unspecified atom stereocenters. The quantitative estimate of drug-likeness (QED) is 0.352. The van der Waals surface area contributed by atoms with Crippen molar-refractivity contribution in [1.29, 1.82) is 0 Å². The number of ether oxygens (including phenoxy) is 4. The summed E-state index contributed by atoms with van der Waals surface area (Å²) in [5.74, 6) is -0.151. The summed E-state index contributed by atoms with van der Waals surface area (Å²) in [6, 6.07) is 11.3. The molecule has 0 aromatic heterocycles. The van der Waals surface area contributed by atoms with Gasteiger partial charge in [-0.25, -0.2) is 4.79 Å². The van der Waals surface area contributed by atoms with Gasteiger partial charge in [-0.15, -0.1) is 11.8 Å². The number of hydrogen-bond acceptors (Lipinski definition) is 9. The van der Waals surface area contributed by atoms with Crippen molar-refractivity contribution >= 4 is 29.7 Å². The summed E-state index contributed by atoms with van der Waals surface area (Å²) in [5, 5.41) is 17.4. The maximum atomic E-state index is 14.0. The first-order valence-electron chi connectivity index (χ1n) is 15.8. The Kier molecular flexibility index (Phi) is 10.8. The number of rotatable bonds is 10. The Bertz CT molecular complexity index is 1380. The molecule has 3 saturated heterocycles. The van der Waals surface area contributed by atoms with Crippen LogP contribution in [0.1, 0.15) is 48.9 Å². The molecule has 0 spiro atoms. The summed E-state index contributed by atoms with van der Waals surface area (Å²) in [5.41, 5.74) is 3.93. The molecule has 0 saturated carbocycles. The number of aliphatic hydroxyl groups excluding tert-OH is 1. The normalized spacial score (nSPS) is 24.9. The summed E-state index contributed by atoms with van der Waals surface area (Å²) in [4.78, 5) is 42.3. The zero-order valence-corrected chi connectivity index (χ0v) is 27.9. The number of aliphatic hydroxyl groups is 1. The minimum absolute atomic E-state index is 0.0716. The van der Waals surface area contributed by atoms with Crippen molar-refractivity contribution in [2.24, 2.45) is 5.92 Å². The zero-order chi connectivity index (χ0) is 33.0. The first-order valence-corrected chi connectivity index (χ1v) is 16.8. The van der Waals surface area contributed by atoms with E-state index in [1.54, 1.807) is 19.2 Å². The van der Waals surface area contributed by atoms with E-state index in [9.17, 15) is 19.5 Å². The summed E-state index contributed by atoms with van der Waals surface area (Å²) in [6.45, 7) is 8.97. The van der Waals surface area contributed by atoms with Gasteiger partial charge in [0.15, 0.2) is 12.4 Å². The number of carbonyl (C=O) groups excluding carboxylic acids is 3. The predicted molar refractivity (Wildman–Crippen MR) is 173 cm³/mol. The Balaban J connectivity index is 1.31. The van der Waals surface area contributed by atoms with E-state index in [0.717, 1.165) is 35.1 Å². The van der Waals surface area contributed by atoms with Crippen LogP contribution >= 0.6 is 11.8 Å². The highest BCUT2D eigenvalue weighted by atomic mass is 32.2. The molecule has 3 amide bonds. The Morgan fingerprint density at radius 3 is 2.52 bits per heavy atom. The number of fused-ring (bicyclic) bond motifs is 1. The van der Waals surface area contributed by atoms with Crippen LogP contribution in [0.15, 0.2) is 42.5 Å². The van der Waals surface area contributed by atoms with Gasteiger partial charge >= 0.3 is 6.09 Å². The number of thioether (sulfide) groups is 1. The number of methoxy groups -OCH3 is 1. The maximum Gasteiger partial charge on any atom is 0.407 e. The van der Waals surface area contributed by atoms with Crippen LogP contribution in [0.3, 0.4) is 0 Å². The standard InChI is InChI=1S/C34H45N3O8S/c1-20-8-6-9-21(2)25(20)17-35-30(39)29-34(3,4)46-19-37(29)31(40)28(38)26(16-22-11-13-23(42-5)14-12-22)36-33(41)45-27-18-44-32-24(27)10-7-15-43-32/h6,8-9,11-14,24,26-29,32,38H,7,10,15-19H2,1-5H3,(H,35,39)(H,36,41)/t24-,26-,27-,28-,29+,32+/m0/s1. The van der Waals surface area contributed by atoms with E-state index >= 15 is 0 Å². The molecule has 0 bridgehead atoms. The first-order chi connectivity index (χ1) is 22.0. The molecule has 2 aromatic rings. The van der Waals surface area contributed by atoms with Gasteiger partial charge in [0.2, 0.25) is 5.91 Å². The third kappa shape index (κ3) is 7.62. The Hall–Kier alpha value is -3.32. The van der Waals surface area contributed by atoms with Crippen LogP contribution in [0.2, 0.25) is 0 Å². The van der Waals surface area contributed by atoms with Crippen LogP contribution in [0.25, 0.3) is 0 Å². The van der Waals surface area contributed by atoms with Crippen LogP contribution in [-0.4, -0.2) is 89.4 Å². The van der Waals surface area contributed by atoms with Crippen LogP contribution in [0.4, 0.5) is 4.79 Å². The van der Waals surface area contributed by atoms with Gasteiger partial charge in [-0.3, -0.25) is 9.59 Å². The number of nitrogens with zero attached hydrogens (tertiary/aromatic N) is 1. The molecule has 12 heteroatoms. The fourth-order valence-corrected chi connectivity index (χ4v) is 7.62. The highest BCUT2D eigenvalue weighted by Crippen LogP contribution is 2.40. The minimum Gasteiger partial charge on any atom is -0.497 e. The topological polar surface area (TPSA) is 136 Å². The summed E-state index contributed by atoms with van der Waals surface area (Å²) < 4.78 is 21.7. The summed E-state index contributed by atoms with van der Waals surface area (Å²) in [7, 11) is 1.57. The Labute approximate surface area is 274 Å². The van der Waals surface area contributed by atoms with E-state index in [2.05, 4.69) is 10.6 Å². The lowest BCUT2D eigenvalue weighted by molar-refractivity contribution is -0.152. The third-order valence-corrected chi connectivity index (χ3v) is 10.6. The molecule has 5 rings (SSSR count). The van der Waals surface area contributed by atoms with Crippen molar-refractivity contribution < 1.29 is 38.4 Å². The minimum atomic E-state index is -1.65. The molecule has 3 aliphatic heterocycles. The van der Waals surface area contributed by atoms with Crippen LogP contribution < -0.4 is 15.4 Å². The van der Waals surface area contributed by atoms with Gasteiger partial charge in [-0.2, -0.15) is 0 Å². The number of carbonyl (C=O) groups is 3. The lowest BCUT2D eigenvalue weighted by atomic mass is 9.96. The fraction of sp³-hybridized carbons (Fsp3) is 0.559.